The molecule has 1 saturated heterocycles. The topological polar surface area (TPSA) is 100 Å². The fourth-order valence-electron chi connectivity index (χ4n) is 7.30. The zero-order valence-corrected chi connectivity index (χ0v) is 25.8. The number of benzene rings is 2. The summed E-state index contributed by atoms with van der Waals surface area (Å²) in [7, 11) is 5.27. The number of hydrogen-bond acceptors (Lipinski definition) is 6. The van der Waals surface area contributed by atoms with Gasteiger partial charge in [0.25, 0.3) is 5.91 Å². The normalized spacial score (nSPS) is 21.1. The first-order valence-corrected chi connectivity index (χ1v) is 15.7. The Morgan fingerprint density at radius 1 is 1.02 bits per heavy atom. The highest BCUT2D eigenvalue weighted by Gasteiger charge is 2.47. The smallest absolute Gasteiger partial charge is 0.254 e. The number of carbonyl (C=O) groups excluding carboxylic acids is 1. The Kier molecular flexibility index (Phi) is 6.39. The molecule has 2 unspecified atom stereocenters. The molecule has 3 atom stereocenters. The van der Waals surface area contributed by atoms with Crippen LogP contribution in [0, 0.1) is 11.8 Å². The van der Waals surface area contributed by atoms with Crippen molar-refractivity contribution < 1.29 is 14.3 Å². The Hall–Kier alpha value is -4.08. The predicted molar refractivity (Wildman–Crippen MR) is 171 cm³/mol. The van der Waals surface area contributed by atoms with Crippen LogP contribution in [0.15, 0.2) is 48.5 Å². The van der Waals surface area contributed by atoms with Gasteiger partial charge >= 0.3 is 0 Å². The number of nitrogens with zero attached hydrogens (tertiary/aromatic N) is 5. The van der Waals surface area contributed by atoms with E-state index in [1.807, 2.05) is 48.3 Å². The van der Waals surface area contributed by atoms with Gasteiger partial charge in [-0.15, -0.1) is 0 Å². The molecule has 8 rings (SSSR count). The molecule has 2 aromatic carbocycles. The van der Waals surface area contributed by atoms with Crippen molar-refractivity contribution >= 4 is 39.6 Å². The van der Waals surface area contributed by atoms with Crippen LogP contribution in [-0.2, 0) is 13.6 Å². The molecule has 2 aliphatic carbocycles. The molecule has 2 N–H and O–H groups in total. The first-order chi connectivity index (χ1) is 21.3. The molecular formula is C34H35ClN6O3. The molecule has 3 aliphatic rings. The first kappa shape index (κ1) is 27.5. The van der Waals surface area contributed by atoms with Crippen molar-refractivity contribution in [3.63, 3.8) is 0 Å². The van der Waals surface area contributed by atoms with Crippen LogP contribution in [-0.4, -0.2) is 62.8 Å². The van der Waals surface area contributed by atoms with E-state index in [4.69, 9.17) is 36.8 Å². The highest BCUT2D eigenvalue weighted by Crippen LogP contribution is 2.41. The van der Waals surface area contributed by atoms with Gasteiger partial charge in [0.05, 0.1) is 36.1 Å². The van der Waals surface area contributed by atoms with Gasteiger partial charge in [0.15, 0.2) is 5.82 Å². The minimum Gasteiger partial charge on any atom is -0.497 e. The number of imidazole rings is 1. The van der Waals surface area contributed by atoms with Crippen LogP contribution in [0.25, 0.3) is 44.8 Å². The van der Waals surface area contributed by atoms with Gasteiger partial charge in [-0.05, 0) is 86.1 Å². The number of fused-ring (bicyclic) bond motifs is 4. The van der Waals surface area contributed by atoms with Crippen LogP contribution in [0.3, 0.4) is 0 Å². The lowest BCUT2D eigenvalue weighted by atomic mass is 10.1. The Balaban J connectivity index is 1.24. The Labute approximate surface area is 260 Å². The number of aromatic nitrogens is 4. The number of ether oxygens (including phenoxy) is 2. The Bertz CT molecular complexity index is 1960. The number of rotatable bonds is 7. The molecule has 1 aliphatic heterocycles. The van der Waals surface area contributed by atoms with Crippen LogP contribution < -0.4 is 15.2 Å². The van der Waals surface area contributed by atoms with Crippen molar-refractivity contribution in [2.45, 2.75) is 44.3 Å². The first-order valence-electron chi connectivity index (χ1n) is 15.3. The quantitative estimate of drug-likeness (QED) is 0.246. The lowest BCUT2D eigenvalue weighted by Crippen LogP contribution is -2.41. The molecule has 1 amide bonds. The lowest BCUT2D eigenvalue weighted by molar-refractivity contribution is 0.0700. The van der Waals surface area contributed by atoms with E-state index >= 15 is 0 Å². The van der Waals surface area contributed by atoms with Gasteiger partial charge in [-0.2, -0.15) is 0 Å². The van der Waals surface area contributed by atoms with Crippen molar-refractivity contribution in [2.24, 2.45) is 24.6 Å². The number of hydrogen-bond donors (Lipinski definition) is 1. The molecule has 3 aromatic heterocycles. The second-order valence-electron chi connectivity index (χ2n) is 12.5. The molecular weight excluding hydrogens is 576 g/mol. The summed E-state index contributed by atoms with van der Waals surface area (Å²) >= 11 is 6.64. The summed E-state index contributed by atoms with van der Waals surface area (Å²) in [4.78, 5) is 25.9. The maximum absolute atomic E-state index is 13.7. The van der Waals surface area contributed by atoms with E-state index in [0.29, 0.717) is 33.9 Å². The van der Waals surface area contributed by atoms with Crippen molar-refractivity contribution in [2.75, 3.05) is 20.8 Å². The fourth-order valence-corrected chi connectivity index (χ4v) is 7.57. The van der Waals surface area contributed by atoms with Crippen molar-refractivity contribution in [1.29, 1.82) is 0 Å². The largest absolute Gasteiger partial charge is 0.497 e. The van der Waals surface area contributed by atoms with Gasteiger partial charge in [0.1, 0.15) is 22.7 Å². The predicted octanol–water partition coefficient (Wildman–Crippen LogP) is 5.90. The Morgan fingerprint density at radius 3 is 2.55 bits per heavy atom. The van der Waals surface area contributed by atoms with Gasteiger partial charge in [-0.1, -0.05) is 11.6 Å². The average Bonchev–Trinajstić information content (AvgIpc) is 3.44. The van der Waals surface area contributed by atoms with Crippen LogP contribution in [0.5, 0.6) is 11.5 Å². The second kappa shape index (κ2) is 10.2. The van der Waals surface area contributed by atoms with E-state index in [1.54, 1.807) is 14.2 Å². The SMILES string of the molecule is COc1ccc(-c2ccc3cc(-c4nc5cc(C(=O)N6CC7CCC6[C@@H]7N)cc(OC)c5n4C)n(CC4CC4)c3n2)c(Cl)c1. The van der Waals surface area contributed by atoms with E-state index in [2.05, 4.69) is 21.3 Å². The third kappa shape index (κ3) is 4.28. The Morgan fingerprint density at radius 2 is 1.86 bits per heavy atom. The third-order valence-electron chi connectivity index (χ3n) is 9.88. The number of aryl methyl sites for hydroxylation is 1. The van der Waals surface area contributed by atoms with Crippen LogP contribution in [0.2, 0.25) is 5.02 Å². The van der Waals surface area contributed by atoms with Gasteiger partial charge in [0, 0.05) is 48.7 Å². The van der Waals surface area contributed by atoms with Gasteiger partial charge < -0.3 is 29.2 Å². The number of nitrogens with two attached hydrogens (primary N) is 1. The summed E-state index contributed by atoms with van der Waals surface area (Å²) in [5.41, 5.74) is 12.1. The van der Waals surface area contributed by atoms with E-state index in [1.165, 1.54) is 12.8 Å². The number of halogens is 1. The average molecular weight is 611 g/mol. The van der Waals surface area contributed by atoms with Crippen LogP contribution >= 0.6 is 11.6 Å². The van der Waals surface area contributed by atoms with Crippen molar-refractivity contribution in [3.05, 3.63) is 59.1 Å². The molecule has 44 heavy (non-hydrogen) atoms. The minimum absolute atomic E-state index is 0.00294. The third-order valence-corrected chi connectivity index (χ3v) is 10.2. The summed E-state index contributed by atoms with van der Waals surface area (Å²) in [6.45, 7) is 1.57. The molecule has 9 nitrogen and oxygen atoms in total. The molecule has 10 heteroatoms. The maximum atomic E-state index is 13.7. The zero-order valence-electron chi connectivity index (χ0n) is 25.1. The highest BCUT2D eigenvalue weighted by atomic mass is 35.5. The summed E-state index contributed by atoms with van der Waals surface area (Å²) in [6.07, 6.45) is 4.47. The van der Waals surface area contributed by atoms with E-state index < -0.39 is 0 Å². The molecule has 0 spiro atoms. The molecule has 2 saturated carbocycles. The summed E-state index contributed by atoms with van der Waals surface area (Å²) in [5, 5.41) is 1.62. The summed E-state index contributed by atoms with van der Waals surface area (Å²) in [6, 6.07) is 15.8. The number of amides is 1. The number of carbonyl (C=O) groups is 1. The lowest BCUT2D eigenvalue weighted by Gasteiger charge is -2.27. The number of pyridine rings is 1. The number of methoxy groups -OCH3 is 2. The van der Waals surface area contributed by atoms with Gasteiger partial charge in [-0.3, -0.25) is 4.79 Å². The van der Waals surface area contributed by atoms with Crippen LogP contribution in [0.1, 0.15) is 36.0 Å². The summed E-state index contributed by atoms with van der Waals surface area (Å²) in [5.74, 6) is 3.12. The minimum atomic E-state index is -0.00294. The molecule has 226 valence electrons. The maximum Gasteiger partial charge on any atom is 0.254 e. The van der Waals surface area contributed by atoms with Crippen molar-refractivity contribution in [3.8, 4) is 34.3 Å². The molecule has 5 aromatic rings. The van der Waals surface area contributed by atoms with Gasteiger partial charge in [0.2, 0.25) is 0 Å². The molecule has 4 heterocycles. The molecule has 3 fully saturated rings. The molecule has 0 radical (unpaired) electrons. The highest BCUT2D eigenvalue weighted by molar-refractivity contribution is 6.33. The fraction of sp³-hybridized carbons (Fsp3) is 0.382. The van der Waals surface area contributed by atoms with Crippen molar-refractivity contribution in [1.82, 2.24) is 24.0 Å². The number of piperidine rings is 1. The number of likely N-dealkylation sites (tertiary alicyclic amines) is 1. The second-order valence-corrected chi connectivity index (χ2v) is 12.9. The van der Waals surface area contributed by atoms with Crippen LogP contribution in [0.4, 0.5) is 0 Å². The standard InChI is InChI=1S/C34H35ClN6O3/c1-39-31-26(12-21(14-29(31)44-3)34(42)41-17-20-7-11-27(41)30(20)36)38-33(39)28-13-19-6-10-25(23-9-8-22(43-2)15-24(23)35)37-32(19)40(28)16-18-4-5-18/h6,8-10,12-15,18,20,27,30H,4-5,7,11,16-17,36H2,1-3H3/t20?,27?,30-/m1/s1. The molecule has 2 bridgehead atoms. The zero-order chi connectivity index (χ0) is 30.3. The monoisotopic (exact) mass is 610 g/mol. The van der Waals surface area contributed by atoms with E-state index in [9.17, 15) is 4.79 Å². The van der Waals surface area contributed by atoms with E-state index in [0.717, 1.165) is 70.8 Å². The van der Waals surface area contributed by atoms with Gasteiger partial charge in [-0.25, -0.2) is 9.97 Å². The summed E-state index contributed by atoms with van der Waals surface area (Å²) < 4.78 is 15.5. The van der Waals surface area contributed by atoms with E-state index in [-0.39, 0.29) is 18.0 Å².